The van der Waals surface area contributed by atoms with E-state index in [1.807, 2.05) is 48.5 Å². The fraction of sp³-hybridized carbons (Fsp3) is 0.0500. The molecule has 0 spiro atoms. The molecule has 3 aromatic rings. The van der Waals surface area contributed by atoms with E-state index in [1.165, 1.54) is 0 Å². The van der Waals surface area contributed by atoms with Crippen molar-refractivity contribution in [2.45, 2.75) is 5.66 Å². The number of nitriles is 1. The number of allylic oxidation sites excluding steroid dienone is 1. The predicted octanol–water partition coefficient (Wildman–Crippen LogP) is 4.91. The summed E-state index contributed by atoms with van der Waals surface area (Å²) in [4.78, 5) is 9.01. The average Bonchev–Trinajstić information content (AvgIpc) is 3.06. The smallest absolute Gasteiger partial charge is 0.155 e. The summed E-state index contributed by atoms with van der Waals surface area (Å²) >= 11 is 7.01. The second-order valence-corrected chi connectivity index (χ2v) is 7.73. The second-order valence-electron chi connectivity index (χ2n) is 6.03. The second kappa shape index (κ2) is 6.44. The van der Waals surface area contributed by atoms with Crippen LogP contribution < -0.4 is 5.73 Å². The summed E-state index contributed by atoms with van der Waals surface area (Å²) in [5, 5.41) is 9.95. The predicted molar refractivity (Wildman–Crippen MR) is 111 cm³/mol. The van der Waals surface area contributed by atoms with Crippen LogP contribution in [0, 0.1) is 11.3 Å². The molecule has 1 atom stereocenters. The van der Waals surface area contributed by atoms with Crippen molar-refractivity contribution >= 4 is 54.6 Å². The highest BCUT2D eigenvalue weighted by molar-refractivity contribution is 9.13. The number of para-hydroxylation sites is 1. The lowest BCUT2D eigenvalue weighted by atomic mass is 9.95. The maximum atomic E-state index is 9.08. The highest BCUT2D eigenvalue weighted by Crippen LogP contribution is 2.35. The number of aromatic nitrogens is 1. The number of fused-ring (bicyclic) bond motifs is 1. The molecule has 0 saturated heterocycles. The van der Waals surface area contributed by atoms with Gasteiger partial charge in [-0.1, -0.05) is 24.3 Å². The summed E-state index contributed by atoms with van der Waals surface area (Å²) < 4.78 is 1.96. The molecule has 0 fully saturated rings. The molecule has 2 heterocycles. The van der Waals surface area contributed by atoms with Gasteiger partial charge in [0.15, 0.2) is 5.66 Å². The molecule has 2 aromatic carbocycles. The highest BCUT2D eigenvalue weighted by atomic mass is 79.9. The first-order valence-corrected chi connectivity index (χ1v) is 9.40. The van der Waals surface area contributed by atoms with E-state index >= 15 is 0 Å². The van der Waals surface area contributed by atoms with E-state index in [-0.39, 0.29) is 0 Å². The summed E-state index contributed by atoms with van der Waals surface area (Å²) in [5.41, 5.74) is 9.67. The van der Waals surface area contributed by atoms with Crippen molar-refractivity contribution in [3.05, 3.63) is 80.4 Å². The van der Waals surface area contributed by atoms with Crippen LogP contribution in [0.4, 0.5) is 0 Å². The summed E-state index contributed by atoms with van der Waals surface area (Å²) in [6.45, 7) is 0. The Kier molecular flexibility index (Phi) is 4.23. The maximum absolute atomic E-state index is 9.08. The first-order valence-electron chi connectivity index (χ1n) is 7.82. The molecule has 4 rings (SSSR count). The maximum Gasteiger partial charge on any atom is 0.155 e. The van der Waals surface area contributed by atoms with Crippen LogP contribution in [0.2, 0.25) is 0 Å². The molecule has 0 radical (unpaired) electrons. The van der Waals surface area contributed by atoms with E-state index < -0.39 is 5.66 Å². The number of hydrogen-bond donors (Lipinski definition) is 1. The Morgan fingerprint density at radius 1 is 1.08 bits per heavy atom. The molecule has 26 heavy (non-hydrogen) atoms. The molecule has 2 N–H and O–H groups in total. The summed E-state index contributed by atoms with van der Waals surface area (Å²) in [7, 11) is 0. The van der Waals surface area contributed by atoms with E-state index in [0.29, 0.717) is 5.56 Å². The molecule has 1 unspecified atom stereocenters. The largest absolute Gasteiger partial charge is 0.300 e. The molecule has 1 aliphatic rings. The summed E-state index contributed by atoms with van der Waals surface area (Å²) in [6.07, 6.45) is 5.29. The van der Waals surface area contributed by atoms with Gasteiger partial charge < -0.3 is 0 Å². The van der Waals surface area contributed by atoms with Crippen LogP contribution >= 0.6 is 31.9 Å². The first-order chi connectivity index (χ1) is 12.5. The fourth-order valence-corrected chi connectivity index (χ4v) is 3.64. The van der Waals surface area contributed by atoms with E-state index in [0.717, 1.165) is 36.5 Å². The van der Waals surface area contributed by atoms with Gasteiger partial charge in [0.1, 0.15) is 6.07 Å². The molecule has 0 amide bonds. The van der Waals surface area contributed by atoms with Gasteiger partial charge in [-0.3, -0.25) is 15.7 Å². The van der Waals surface area contributed by atoms with Crippen LogP contribution in [0.25, 0.3) is 16.5 Å². The molecular formula is C20H12Br2N4. The van der Waals surface area contributed by atoms with Crippen molar-refractivity contribution in [2.75, 3.05) is 0 Å². The lowest BCUT2D eigenvalue weighted by molar-refractivity contribution is 0.614. The number of halogens is 2. The van der Waals surface area contributed by atoms with Gasteiger partial charge in [0.25, 0.3) is 0 Å². The number of aliphatic imine (C=N–C) groups is 1. The molecule has 0 bridgehead atoms. The summed E-state index contributed by atoms with van der Waals surface area (Å²) in [6, 6.07) is 15.7. The standard InChI is InChI=1S/C20H12Br2N4/c21-17-5-4-13(7-18(17)22)15-8-20(24,26-11-15)16-3-1-2-14-6-12(9-23)10-25-19(14)16/h1-8,10-11H,24H2. The van der Waals surface area contributed by atoms with Gasteiger partial charge in [0.05, 0.1) is 11.1 Å². The average molecular weight is 468 g/mol. The van der Waals surface area contributed by atoms with Crippen LogP contribution in [0.15, 0.2) is 68.7 Å². The Morgan fingerprint density at radius 2 is 1.92 bits per heavy atom. The van der Waals surface area contributed by atoms with Gasteiger partial charge in [-0.25, -0.2) is 0 Å². The minimum absolute atomic E-state index is 0.520. The van der Waals surface area contributed by atoms with E-state index in [2.05, 4.69) is 47.9 Å². The van der Waals surface area contributed by atoms with Gasteiger partial charge in [0, 0.05) is 32.3 Å². The third kappa shape index (κ3) is 2.88. The molecule has 6 heteroatoms. The zero-order valence-electron chi connectivity index (χ0n) is 13.4. The molecule has 0 saturated carbocycles. The Morgan fingerprint density at radius 3 is 2.69 bits per heavy atom. The number of rotatable bonds is 2. The van der Waals surface area contributed by atoms with Crippen molar-refractivity contribution < 1.29 is 0 Å². The number of hydrogen-bond acceptors (Lipinski definition) is 4. The fourth-order valence-electron chi connectivity index (χ4n) is 3.01. The molecule has 126 valence electrons. The van der Waals surface area contributed by atoms with Crippen LogP contribution in [0.1, 0.15) is 16.7 Å². The van der Waals surface area contributed by atoms with Gasteiger partial charge >= 0.3 is 0 Å². The number of benzene rings is 2. The lowest BCUT2D eigenvalue weighted by Crippen LogP contribution is -2.31. The quantitative estimate of drug-likeness (QED) is 0.581. The van der Waals surface area contributed by atoms with E-state index in [9.17, 15) is 0 Å². The number of pyridine rings is 1. The van der Waals surface area contributed by atoms with Crippen molar-refractivity contribution in [1.29, 1.82) is 5.26 Å². The first kappa shape index (κ1) is 17.1. The lowest BCUT2D eigenvalue weighted by Gasteiger charge is -2.20. The van der Waals surface area contributed by atoms with Crippen LogP contribution in [0.5, 0.6) is 0 Å². The van der Waals surface area contributed by atoms with Crippen LogP contribution in [-0.2, 0) is 5.66 Å². The molecule has 0 aliphatic carbocycles. The number of nitrogens with two attached hydrogens (primary N) is 1. The van der Waals surface area contributed by atoms with Gasteiger partial charge in [-0.05, 0) is 67.3 Å². The minimum atomic E-state index is -0.991. The Labute approximate surface area is 167 Å². The minimum Gasteiger partial charge on any atom is -0.300 e. The third-order valence-corrected chi connectivity index (χ3v) is 6.20. The van der Waals surface area contributed by atoms with Crippen molar-refractivity contribution in [3.8, 4) is 6.07 Å². The Bertz CT molecular complexity index is 1140. The monoisotopic (exact) mass is 466 g/mol. The van der Waals surface area contributed by atoms with Crippen molar-refractivity contribution in [1.82, 2.24) is 4.98 Å². The van der Waals surface area contributed by atoms with E-state index in [4.69, 9.17) is 11.0 Å². The normalized spacial score (nSPS) is 18.8. The summed E-state index contributed by atoms with van der Waals surface area (Å²) in [5.74, 6) is 0. The number of nitrogens with zero attached hydrogens (tertiary/aromatic N) is 3. The Balaban J connectivity index is 1.82. The molecule has 4 nitrogen and oxygen atoms in total. The molecule has 1 aromatic heterocycles. The molecule has 1 aliphatic heterocycles. The zero-order valence-corrected chi connectivity index (χ0v) is 16.6. The Hall–Kier alpha value is -2.33. The van der Waals surface area contributed by atoms with E-state index in [1.54, 1.807) is 12.4 Å². The topological polar surface area (TPSA) is 75.1 Å². The third-order valence-electron chi connectivity index (χ3n) is 4.32. The van der Waals surface area contributed by atoms with Crippen molar-refractivity contribution in [2.24, 2.45) is 10.7 Å². The van der Waals surface area contributed by atoms with Crippen molar-refractivity contribution in [3.63, 3.8) is 0 Å². The van der Waals surface area contributed by atoms with Crippen LogP contribution in [0.3, 0.4) is 0 Å². The van der Waals surface area contributed by atoms with Gasteiger partial charge in [-0.2, -0.15) is 5.26 Å². The van der Waals surface area contributed by atoms with Crippen LogP contribution in [-0.4, -0.2) is 11.2 Å². The highest BCUT2D eigenvalue weighted by Gasteiger charge is 2.30. The zero-order chi connectivity index (χ0) is 18.3. The molecular weight excluding hydrogens is 456 g/mol. The van der Waals surface area contributed by atoms with Gasteiger partial charge in [0.2, 0.25) is 0 Å². The SMILES string of the molecule is N#Cc1cnc2c(C3(N)C=C(c4ccc(Br)c(Br)c4)C=N3)cccc2c1. The van der Waals surface area contributed by atoms with Gasteiger partial charge in [-0.15, -0.1) is 0 Å².